The quantitative estimate of drug-likeness (QED) is 0.617. The second-order valence-corrected chi connectivity index (χ2v) is 7.32. The summed E-state index contributed by atoms with van der Waals surface area (Å²) in [5, 5.41) is 3.40. The van der Waals surface area contributed by atoms with Crippen molar-refractivity contribution in [1.29, 1.82) is 0 Å². The molecule has 0 saturated carbocycles. The third-order valence-corrected chi connectivity index (χ3v) is 4.91. The van der Waals surface area contributed by atoms with Crippen molar-refractivity contribution < 1.29 is 13.6 Å². The molecule has 0 aliphatic carbocycles. The van der Waals surface area contributed by atoms with Gasteiger partial charge in [0.05, 0.1) is 16.8 Å². The lowest BCUT2D eigenvalue weighted by atomic mass is 9.98. The number of nitrogens with zero attached hydrogens (tertiary/aromatic N) is 1. The Hall–Kier alpha value is -2.41. The minimum absolute atomic E-state index is 0.136. The third-order valence-electron chi connectivity index (χ3n) is 4.03. The second-order valence-electron chi connectivity index (χ2n) is 6.36. The zero-order chi connectivity index (χ0) is 18.8. The van der Waals surface area contributed by atoms with Crippen LogP contribution in [0.1, 0.15) is 30.9 Å². The number of thioether (sulfide) groups is 1. The normalized spacial score (nSPS) is 11.3. The average Bonchev–Trinajstić information content (AvgIpc) is 2.96. The lowest BCUT2D eigenvalue weighted by molar-refractivity contribution is -0.113. The zero-order valence-corrected chi connectivity index (χ0v) is 15.5. The number of imidazole rings is 1. The largest absolute Gasteiger partial charge is 0.333 e. The van der Waals surface area contributed by atoms with Gasteiger partial charge in [-0.2, -0.15) is 0 Å². The van der Waals surface area contributed by atoms with E-state index in [-0.39, 0.29) is 17.6 Å². The summed E-state index contributed by atoms with van der Waals surface area (Å²) in [6.45, 7) is 6.11. The highest BCUT2D eigenvalue weighted by molar-refractivity contribution is 7.99. The molecule has 0 aliphatic rings. The highest BCUT2D eigenvalue weighted by atomic mass is 32.2. The van der Waals surface area contributed by atoms with Crippen LogP contribution in [0.3, 0.4) is 0 Å². The molecule has 0 atom stereocenters. The van der Waals surface area contributed by atoms with Gasteiger partial charge in [-0.15, -0.1) is 0 Å². The number of anilines is 1. The summed E-state index contributed by atoms with van der Waals surface area (Å²) >= 11 is 1.18. The summed E-state index contributed by atoms with van der Waals surface area (Å²) in [6, 6.07) is 8.03. The van der Waals surface area contributed by atoms with Crippen molar-refractivity contribution in [2.24, 2.45) is 0 Å². The summed E-state index contributed by atoms with van der Waals surface area (Å²) in [4.78, 5) is 19.4. The van der Waals surface area contributed by atoms with Crippen LogP contribution >= 0.6 is 11.8 Å². The molecule has 136 valence electrons. The maximum atomic E-state index is 13.3. The number of amides is 1. The number of benzene rings is 2. The van der Waals surface area contributed by atoms with Gasteiger partial charge in [-0.05, 0) is 24.0 Å². The van der Waals surface area contributed by atoms with Gasteiger partial charge in [0.1, 0.15) is 0 Å². The minimum atomic E-state index is -0.945. The molecule has 0 spiro atoms. The SMILES string of the molecule is Cc1cccc(C(C)C)c1NC(=O)CSc1nc2cc(F)c(F)cc2[nH]1. The van der Waals surface area contributed by atoms with Crippen LogP contribution in [0.2, 0.25) is 0 Å². The molecule has 7 heteroatoms. The Labute approximate surface area is 154 Å². The number of H-pyrrole nitrogens is 1. The Morgan fingerprint density at radius 3 is 2.73 bits per heavy atom. The van der Waals surface area contributed by atoms with Crippen LogP contribution in [0.4, 0.5) is 14.5 Å². The van der Waals surface area contributed by atoms with E-state index in [9.17, 15) is 13.6 Å². The summed E-state index contributed by atoms with van der Waals surface area (Å²) in [7, 11) is 0. The predicted molar refractivity (Wildman–Crippen MR) is 101 cm³/mol. The molecule has 1 heterocycles. The standard InChI is InChI=1S/C19H19F2N3OS/c1-10(2)12-6-4-5-11(3)18(12)24-17(25)9-26-19-22-15-7-13(20)14(21)8-16(15)23-19/h4-8,10H,9H2,1-3H3,(H,22,23)(H,24,25). The molecule has 3 rings (SSSR count). The number of nitrogens with one attached hydrogen (secondary N) is 2. The number of aryl methyl sites for hydroxylation is 1. The van der Waals surface area contributed by atoms with E-state index in [0.29, 0.717) is 16.2 Å². The molecular weight excluding hydrogens is 356 g/mol. The average molecular weight is 375 g/mol. The van der Waals surface area contributed by atoms with Crippen molar-refractivity contribution in [3.05, 3.63) is 53.1 Å². The molecule has 0 unspecified atom stereocenters. The first-order valence-electron chi connectivity index (χ1n) is 8.22. The molecule has 0 radical (unpaired) electrons. The number of hydrogen-bond donors (Lipinski definition) is 2. The number of aromatic amines is 1. The molecule has 0 saturated heterocycles. The fourth-order valence-electron chi connectivity index (χ4n) is 2.70. The molecule has 0 bridgehead atoms. The number of fused-ring (bicyclic) bond motifs is 1. The zero-order valence-electron chi connectivity index (χ0n) is 14.7. The van der Waals surface area contributed by atoms with Crippen molar-refractivity contribution in [3.8, 4) is 0 Å². The first kappa shape index (κ1) is 18.4. The maximum Gasteiger partial charge on any atom is 0.234 e. The van der Waals surface area contributed by atoms with Gasteiger partial charge < -0.3 is 10.3 Å². The minimum Gasteiger partial charge on any atom is -0.333 e. The number of hydrogen-bond acceptors (Lipinski definition) is 3. The van der Waals surface area contributed by atoms with Crippen molar-refractivity contribution in [2.75, 3.05) is 11.1 Å². The molecular formula is C19H19F2N3OS. The van der Waals surface area contributed by atoms with Gasteiger partial charge in [-0.3, -0.25) is 4.79 Å². The Balaban J connectivity index is 1.70. The van der Waals surface area contributed by atoms with Crippen LogP contribution in [0.5, 0.6) is 0 Å². The van der Waals surface area contributed by atoms with Gasteiger partial charge in [0.15, 0.2) is 16.8 Å². The van der Waals surface area contributed by atoms with Crippen molar-refractivity contribution in [2.45, 2.75) is 31.8 Å². The smallest absolute Gasteiger partial charge is 0.234 e. The van der Waals surface area contributed by atoms with Gasteiger partial charge in [0.25, 0.3) is 0 Å². The molecule has 3 aromatic rings. The highest BCUT2D eigenvalue weighted by Crippen LogP contribution is 2.28. The number of rotatable bonds is 5. The van der Waals surface area contributed by atoms with Crippen LogP contribution in [0.25, 0.3) is 11.0 Å². The number of carbonyl (C=O) groups excluding carboxylic acids is 1. The van der Waals surface area contributed by atoms with Crippen molar-refractivity contribution in [3.63, 3.8) is 0 Å². The number of para-hydroxylation sites is 1. The maximum absolute atomic E-state index is 13.3. The van der Waals surface area contributed by atoms with Gasteiger partial charge in [-0.25, -0.2) is 13.8 Å². The number of carbonyl (C=O) groups is 1. The van der Waals surface area contributed by atoms with E-state index in [4.69, 9.17) is 0 Å². The van der Waals surface area contributed by atoms with Gasteiger partial charge in [0.2, 0.25) is 5.91 Å². The van der Waals surface area contributed by atoms with Crippen LogP contribution in [-0.4, -0.2) is 21.6 Å². The molecule has 0 fully saturated rings. The number of aromatic nitrogens is 2. The first-order chi connectivity index (χ1) is 12.3. The molecule has 2 N–H and O–H groups in total. The summed E-state index contributed by atoms with van der Waals surface area (Å²) in [6.07, 6.45) is 0. The molecule has 2 aromatic carbocycles. The Bertz CT molecular complexity index is 930. The van der Waals surface area contributed by atoms with E-state index in [1.807, 2.05) is 25.1 Å². The van der Waals surface area contributed by atoms with Gasteiger partial charge >= 0.3 is 0 Å². The van der Waals surface area contributed by atoms with E-state index in [1.54, 1.807) is 0 Å². The fourth-order valence-corrected chi connectivity index (χ4v) is 3.39. The van der Waals surface area contributed by atoms with Gasteiger partial charge in [-0.1, -0.05) is 43.8 Å². The van der Waals surface area contributed by atoms with Crippen LogP contribution in [0, 0.1) is 18.6 Å². The lowest BCUT2D eigenvalue weighted by Gasteiger charge is -2.16. The van der Waals surface area contributed by atoms with E-state index >= 15 is 0 Å². The van der Waals surface area contributed by atoms with Crippen molar-refractivity contribution in [1.82, 2.24) is 9.97 Å². The topological polar surface area (TPSA) is 57.8 Å². The molecule has 1 amide bonds. The fraction of sp³-hybridized carbons (Fsp3) is 0.263. The Morgan fingerprint density at radius 1 is 1.27 bits per heavy atom. The molecule has 26 heavy (non-hydrogen) atoms. The third kappa shape index (κ3) is 3.88. The van der Waals surface area contributed by atoms with Crippen LogP contribution in [0.15, 0.2) is 35.5 Å². The van der Waals surface area contributed by atoms with E-state index < -0.39 is 11.6 Å². The summed E-state index contributed by atoms with van der Waals surface area (Å²) in [5.41, 5.74) is 3.64. The Kier molecular flexibility index (Phi) is 5.27. The van der Waals surface area contributed by atoms with Crippen LogP contribution in [-0.2, 0) is 4.79 Å². The van der Waals surface area contributed by atoms with Gasteiger partial charge in [0, 0.05) is 17.8 Å². The molecule has 0 aliphatic heterocycles. The lowest BCUT2D eigenvalue weighted by Crippen LogP contribution is -2.16. The van der Waals surface area contributed by atoms with E-state index in [2.05, 4.69) is 29.1 Å². The second kappa shape index (κ2) is 7.45. The number of halogens is 2. The Morgan fingerprint density at radius 2 is 2.00 bits per heavy atom. The molecule has 4 nitrogen and oxygen atoms in total. The van der Waals surface area contributed by atoms with E-state index in [1.165, 1.54) is 11.8 Å². The first-order valence-corrected chi connectivity index (χ1v) is 9.20. The van der Waals surface area contributed by atoms with Crippen molar-refractivity contribution >= 4 is 34.4 Å². The molecule has 1 aromatic heterocycles. The summed E-state index contributed by atoms with van der Waals surface area (Å²) < 4.78 is 26.5. The monoisotopic (exact) mass is 375 g/mol. The highest BCUT2D eigenvalue weighted by Gasteiger charge is 2.14. The van der Waals surface area contributed by atoms with Crippen LogP contribution < -0.4 is 5.32 Å². The summed E-state index contributed by atoms with van der Waals surface area (Å²) in [5.74, 6) is -1.62. The predicted octanol–water partition coefficient (Wildman–Crippen LogP) is 5.00. The van der Waals surface area contributed by atoms with E-state index in [0.717, 1.165) is 28.9 Å².